The minimum Gasteiger partial charge on any atom is -0.676 e. The number of rotatable bonds is 2. The molecule has 0 bridgehead atoms. The molecule has 2 atom stereocenters. The van der Waals surface area contributed by atoms with Gasteiger partial charge in [0, 0.05) is 0 Å². The molecule has 132 valence electrons. The van der Waals surface area contributed by atoms with Crippen molar-refractivity contribution < 1.29 is 47.0 Å². The first kappa shape index (κ1) is 22.6. The van der Waals surface area contributed by atoms with Gasteiger partial charge in [-0.05, 0) is 18.2 Å². The molecular formula is C12H20N2O6PtS2+4. The van der Waals surface area contributed by atoms with Crippen LogP contribution in [0.2, 0.25) is 0 Å². The standard InChI is InChI=1S/C6H12N2.C6H6O6S2.Pt/c7-5-3-1-2-4-6(5)8;7-13(8,9)5-2-1-3-6(4-5)14(10,11)12;/h5-8H,1-4H2;1-4H,(H,7,8,9)(H,10,11,12);/q-2;;+4/p+2. The Morgan fingerprint density at radius 1 is 0.870 bits per heavy atom. The van der Waals surface area contributed by atoms with Crippen LogP contribution in [0.1, 0.15) is 25.7 Å². The fourth-order valence-electron chi connectivity index (χ4n) is 1.94. The molecule has 1 fully saturated rings. The van der Waals surface area contributed by atoms with Crippen LogP contribution in [0.15, 0.2) is 34.1 Å². The average molecular weight is 548 g/mol. The Hall–Kier alpha value is -0.352. The second-order valence-corrected chi connectivity index (χ2v) is 7.94. The van der Waals surface area contributed by atoms with Gasteiger partial charge in [0.2, 0.25) is 0 Å². The van der Waals surface area contributed by atoms with Crippen LogP contribution in [0, 0.1) is 0 Å². The maximum atomic E-state index is 10.7. The Morgan fingerprint density at radius 3 is 1.48 bits per heavy atom. The summed E-state index contributed by atoms with van der Waals surface area (Å²) in [7, 11) is -8.37. The summed E-state index contributed by atoms with van der Waals surface area (Å²) < 4.78 is 56.3. The fraction of sp³-hybridized carbons (Fsp3) is 0.500. The van der Waals surface area contributed by atoms with Gasteiger partial charge < -0.3 is 20.6 Å². The predicted octanol–water partition coefficient (Wildman–Crippen LogP) is 0.913. The number of nitrogens with one attached hydrogen (secondary N) is 2. The van der Waals surface area contributed by atoms with Gasteiger partial charge in [-0.1, -0.05) is 31.7 Å². The summed E-state index contributed by atoms with van der Waals surface area (Å²) >= 11 is 0. The molecule has 6 N–H and O–H groups in total. The van der Waals surface area contributed by atoms with E-state index in [1.54, 1.807) is 0 Å². The smallest absolute Gasteiger partial charge is 0.676 e. The first-order valence-electron chi connectivity index (χ1n) is 6.53. The van der Waals surface area contributed by atoms with Crippen LogP contribution in [-0.4, -0.2) is 38.0 Å². The van der Waals surface area contributed by atoms with E-state index in [9.17, 15) is 16.8 Å². The zero-order chi connectivity index (χ0) is 17.0. The van der Waals surface area contributed by atoms with Crippen LogP contribution in [-0.2, 0) is 41.3 Å². The van der Waals surface area contributed by atoms with Gasteiger partial charge in [-0.2, -0.15) is 12.1 Å². The second-order valence-electron chi connectivity index (χ2n) is 4.98. The topological polar surface area (TPSA) is 162 Å². The fourth-order valence-corrected chi connectivity index (χ4v) is 3.09. The summed E-state index contributed by atoms with van der Waals surface area (Å²) in [6.07, 6.45) is 4.25. The first-order chi connectivity index (χ1) is 10.0. The Balaban J connectivity index is 0.000000460. The minimum atomic E-state index is -4.18. The van der Waals surface area contributed by atoms with Crippen LogP contribution >= 0.6 is 0 Å². The van der Waals surface area contributed by atoms with Crippen LogP contribution in [0.25, 0.3) is 11.5 Å². The minimum absolute atomic E-state index is 0. The quantitative estimate of drug-likeness (QED) is 0.504. The van der Waals surface area contributed by atoms with Gasteiger partial charge in [-0.3, -0.25) is 0 Å². The maximum Gasteiger partial charge on any atom is 4.00 e. The first-order valence-corrected chi connectivity index (χ1v) is 9.50. The predicted molar refractivity (Wildman–Crippen MR) is 82.7 cm³/mol. The molecule has 0 radical (unpaired) electrons. The Labute approximate surface area is 150 Å². The van der Waals surface area contributed by atoms with E-state index in [-0.39, 0.29) is 33.1 Å². The van der Waals surface area contributed by atoms with Crippen molar-refractivity contribution in [3.05, 3.63) is 35.7 Å². The van der Waals surface area contributed by atoms with Gasteiger partial charge >= 0.3 is 41.3 Å². The molecule has 0 spiro atoms. The molecule has 2 unspecified atom stereocenters. The third-order valence-electron chi connectivity index (χ3n) is 3.19. The van der Waals surface area contributed by atoms with E-state index in [4.69, 9.17) is 20.6 Å². The number of hydrogen-bond acceptors (Lipinski definition) is 4. The molecule has 1 saturated carbocycles. The van der Waals surface area contributed by atoms with E-state index >= 15 is 0 Å². The van der Waals surface area contributed by atoms with Crippen LogP contribution in [0.5, 0.6) is 0 Å². The van der Waals surface area contributed by atoms with Crippen molar-refractivity contribution in [1.29, 1.82) is 0 Å². The molecule has 2 rings (SSSR count). The van der Waals surface area contributed by atoms with Crippen LogP contribution in [0.3, 0.4) is 0 Å². The normalized spacial score (nSPS) is 21.6. The number of benzene rings is 1. The third-order valence-corrected chi connectivity index (χ3v) is 4.94. The zero-order valence-corrected chi connectivity index (χ0v) is 16.0. The second kappa shape index (κ2) is 9.21. The molecule has 0 heterocycles. The third kappa shape index (κ3) is 7.84. The van der Waals surface area contributed by atoms with Crippen LogP contribution in [0.4, 0.5) is 0 Å². The van der Waals surface area contributed by atoms with Crippen molar-refractivity contribution in [3.63, 3.8) is 0 Å². The van der Waals surface area contributed by atoms with Gasteiger partial charge in [-0.25, -0.2) is 0 Å². The van der Waals surface area contributed by atoms with Gasteiger partial charge in [0.05, 0.1) is 0 Å². The van der Waals surface area contributed by atoms with Crippen molar-refractivity contribution in [2.24, 2.45) is 0 Å². The number of hydrogen-bond donors (Lipinski definition) is 0. The summed E-state index contributed by atoms with van der Waals surface area (Å²) in [5.41, 5.74) is 14.6. The Kier molecular flexibility index (Phi) is 9.07. The van der Waals surface area contributed by atoms with Crippen molar-refractivity contribution in [1.82, 2.24) is 0 Å². The summed E-state index contributed by atoms with van der Waals surface area (Å²) in [6, 6.07) is 3.98. The van der Waals surface area contributed by atoms with E-state index < -0.39 is 30.0 Å². The van der Waals surface area contributed by atoms with Crippen molar-refractivity contribution in [2.75, 3.05) is 0 Å². The largest absolute Gasteiger partial charge is 4.00 e. The Morgan fingerprint density at radius 2 is 1.22 bits per heavy atom. The summed E-state index contributed by atoms with van der Waals surface area (Å²) in [5.74, 6) is 0. The van der Waals surface area contributed by atoms with E-state index in [2.05, 4.69) is 0 Å². The van der Waals surface area contributed by atoms with E-state index in [0.29, 0.717) is 0 Å². The van der Waals surface area contributed by atoms with E-state index in [1.165, 1.54) is 18.9 Å². The zero-order valence-electron chi connectivity index (χ0n) is 12.1. The molecule has 0 saturated heterocycles. The van der Waals surface area contributed by atoms with E-state index in [0.717, 1.165) is 31.0 Å². The summed E-state index contributed by atoms with van der Waals surface area (Å²) in [5, 5.41) is 0. The molecular weight excluding hydrogens is 527 g/mol. The molecule has 1 aliphatic rings. The molecule has 1 aliphatic carbocycles. The monoisotopic (exact) mass is 547 g/mol. The van der Waals surface area contributed by atoms with Crippen molar-refractivity contribution >= 4 is 20.2 Å². The van der Waals surface area contributed by atoms with E-state index in [1.807, 2.05) is 0 Å². The molecule has 1 aromatic carbocycles. The van der Waals surface area contributed by atoms with Gasteiger partial charge in [0.1, 0.15) is 9.79 Å². The molecule has 0 aliphatic heterocycles. The molecule has 0 aromatic heterocycles. The van der Waals surface area contributed by atoms with Gasteiger partial charge in [-0.15, -0.1) is 16.8 Å². The average Bonchev–Trinajstić information content (AvgIpc) is 2.41. The van der Waals surface area contributed by atoms with Crippen LogP contribution < -0.4 is 0 Å². The molecule has 8 nitrogen and oxygen atoms in total. The summed E-state index contributed by atoms with van der Waals surface area (Å²) in [6.45, 7) is 0. The SMILES string of the molecule is O=S(=O)([OH2+])c1cccc(S(=O)(=O)[OH2+])c1.[NH-]C1CCCCC1[NH-].[Pt+4]. The van der Waals surface area contributed by atoms with Gasteiger partial charge in [0.15, 0.2) is 0 Å². The molecule has 23 heavy (non-hydrogen) atoms. The van der Waals surface area contributed by atoms with Crippen molar-refractivity contribution in [2.45, 2.75) is 47.6 Å². The van der Waals surface area contributed by atoms with Crippen molar-refractivity contribution in [3.8, 4) is 0 Å². The molecule has 0 amide bonds. The summed E-state index contributed by atoms with van der Waals surface area (Å²) in [4.78, 5) is -0.878. The molecule has 11 heteroatoms. The Bertz CT molecular complexity index is 651. The van der Waals surface area contributed by atoms with Gasteiger partial charge in [0.25, 0.3) is 0 Å². The maximum absolute atomic E-state index is 10.7. The molecule has 1 aromatic rings.